The van der Waals surface area contributed by atoms with Gasteiger partial charge in [0.05, 0.1) is 21.5 Å². The summed E-state index contributed by atoms with van der Waals surface area (Å²) in [5.74, 6) is -0.277. The molecular weight excluding hydrogens is 797 g/mol. The number of benzene rings is 5. The number of rotatable bonds is 5. The van der Waals surface area contributed by atoms with Gasteiger partial charge < -0.3 is 22.2 Å². The molecule has 5 rings (SSSR count). The molecule has 0 radical (unpaired) electrons. The molecular formula is C28H20CuN4Na3O11S3. The first-order valence-electron chi connectivity index (χ1n) is 11.9. The predicted octanol–water partition coefficient (Wildman–Crippen LogP) is -3.50. The molecule has 0 heterocycles. The third-order valence-electron chi connectivity index (χ3n) is 5.58. The molecule has 22 heteroatoms. The quantitative estimate of drug-likeness (QED) is 0.0763. The second-order valence-electron chi connectivity index (χ2n) is 8.60. The SMILES string of the molecule is Cc1ccc2c[c-]c(N=Nc3ccc(N=Nc4ccc5c[c-]cc(S(=O)(=O)[O-])c5c4)cc3O)c(O)c2c1.O=S(=O)=O.O=S(=O)=O.[CH3-].[Cu+].[Na+].[Na+].[Na+]. The van der Waals surface area contributed by atoms with Crippen LogP contribution in [-0.4, -0.2) is 48.4 Å². The van der Waals surface area contributed by atoms with E-state index >= 15 is 0 Å². The van der Waals surface area contributed by atoms with Gasteiger partial charge in [-0.25, -0.2) is 0 Å². The first-order valence-corrected chi connectivity index (χ1v) is 15.3. The number of hydrogen-bond donors (Lipinski definition) is 2. The summed E-state index contributed by atoms with van der Waals surface area (Å²) >= 11 is 0. The smallest absolute Gasteiger partial charge is 0.754 e. The molecule has 15 nitrogen and oxygen atoms in total. The predicted molar refractivity (Wildman–Crippen MR) is 162 cm³/mol. The maximum Gasteiger partial charge on any atom is 1.00 e. The summed E-state index contributed by atoms with van der Waals surface area (Å²) in [7, 11) is -10.9. The summed E-state index contributed by atoms with van der Waals surface area (Å²) in [4.78, 5) is -0.390. The van der Waals surface area contributed by atoms with Gasteiger partial charge in [-0.15, -0.1) is 58.7 Å². The van der Waals surface area contributed by atoms with Crippen molar-refractivity contribution in [2.24, 2.45) is 20.5 Å². The largest absolute Gasteiger partial charge is 1.00 e. The Kier molecular flexibility index (Phi) is 25.5. The average Bonchev–Trinajstić information content (AvgIpc) is 2.95. The third kappa shape index (κ3) is 16.2. The maximum absolute atomic E-state index is 11.6. The van der Waals surface area contributed by atoms with Gasteiger partial charge in [-0.2, -0.15) is 45.7 Å². The van der Waals surface area contributed by atoms with Crippen molar-refractivity contribution in [2.45, 2.75) is 11.8 Å². The summed E-state index contributed by atoms with van der Waals surface area (Å²) in [5, 5.41) is 39.3. The third-order valence-corrected chi connectivity index (χ3v) is 6.45. The minimum atomic E-state index is -4.69. The van der Waals surface area contributed by atoms with Gasteiger partial charge in [-0.1, -0.05) is 23.1 Å². The molecule has 0 atom stereocenters. The summed E-state index contributed by atoms with van der Waals surface area (Å²) in [5.41, 5.74) is 1.87. The molecule has 5 aromatic carbocycles. The number of aryl methyl sites for hydroxylation is 1. The summed E-state index contributed by atoms with van der Waals surface area (Å²) in [6.07, 6.45) is 0. The Morgan fingerprint density at radius 1 is 0.700 bits per heavy atom. The molecule has 0 aliphatic rings. The van der Waals surface area contributed by atoms with E-state index < -0.39 is 31.3 Å². The van der Waals surface area contributed by atoms with Gasteiger partial charge in [-0.3, -0.25) is 8.42 Å². The van der Waals surface area contributed by atoms with E-state index in [1.54, 1.807) is 30.3 Å². The minimum Gasteiger partial charge on any atom is -0.754 e. The van der Waals surface area contributed by atoms with Crippen molar-refractivity contribution in [2.75, 3.05) is 0 Å². The Hall–Kier alpha value is -1.91. The molecule has 0 aliphatic heterocycles. The van der Waals surface area contributed by atoms with Crippen LogP contribution in [0.3, 0.4) is 0 Å². The Balaban J connectivity index is -0.00000154. The van der Waals surface area contributed by atoms with Crippen LogP contribution >= 0.6 is 0 Å². The van der Waals surface area contributed by atoms with Gasteiger partial charge in [0.1, 0.15) is 11.4 Å². The van der Waals surface area contributed by atoms with Gasteiger partial charge in [-0.05, 0) is 36.1 Å². The molecule has 5 aromatic rings. The first-order chi connectivity index (χ1) is 21.1. The van der Waals surface area contributed by atoms with E-state index in [2.05, 4.69) is 32.6 Å². The number of phenols is 2. The van der Waals surface area contributed by atoms with E-state index in [1.165, 1.54) is 18.2 Å². The van der Waals surface area contributed by atoms with Crippen molar-refractivity contribution in [3.05, 3.63) is 97.9 Å². The molecule has 0 bridgehead atoms. The van der Waals surface area contributed by atoms with Crippen molar-refractivity contribution < 1.29 is 154 Å². The average molecular weight is 817 g/mol. The minimum absolute atomic E-state index is 0. The molecule has 0 saturated carbocycles. The standard InChI is InChI=1S/C27H18N4O5S.CH3.Cu.3Na.2O3S/c1-16-5-6-18-8-11-24(27(33)22(18)13-16)31-30-23-12-10-20(15-25(23)32)29-28-19-9-7-17-3-2-4-26(21(17)14-19)37(34,35)36;;;;;;2*1-4(2)3/h3-10,12-15,32-33H,1H3,(H,34,35,36);1H3;;;;;;/q-2;-1;4*+1;;/p-1. The molecule has 50 heavy (non-hydrogen) atoms. The van der Waals surface area contributed by atoms with E-state index in [-0.39, 0.29) is 146 Å². The van der Waals surface area contributed by atoms with Crippen molar-refractivity contribution in [3.8, 4) is 11.5 Å². The molecule has 0 aromatic heterocycles. The second kappa shape index (κ2) is 24.4. The zero-order chi connectivity index (χ0) is 33.3. The summed E-state index contributed by atoms with van der Waals surface area (Å²) < 4.78 is 85.3. The van der Waals surface area contributed by atoms with Crippen molar-refractivity contribution in [1.29, 1.82) is 0 Å². The van der Waals surface area contributed by atoms with E-state index in [0.717, 1.165) is 17.0 Å². The molecule has 0 fully saturated rings. The van der Waals surface area contributed by atoms with Gasteiger partial charge in [0.15, 0.2) is 0 Å². The molecule has 0 unspecified atom stereocenters. The topological polar surface area (TPSA) is 250 Å². The Morgan fingerprint density at radius 3 is 1.78 bits per heavy atom. The van der Waals surface area contributed by atoms with Crippen LogP contribution in [-0.2, 0) is 48.4 Å². The zero-order valence-electron chi connectivity index (χ0n) is 26.8. The van der Waals surface area contributed by atoms with Crippen LogP contribution in [0.15, 0.2) is 98.1 Å². The maximum atomic E-state index is 11.6. The van der Waals surface area contributed by atoms with Crippen LogP contribution in [0.25, 0.3) is 21.5 Å². The number of aromatic hydroxyl groups is 2. The second-order valence-corrected chi connectivity index (χ2v) is 10.8. The molecule has 0 amide bonds. The number of phenolic OH excluding ortho intramolecular Hbond substituents is 2. The van der Waals surface area contributed by atoms with Crippen molar-refractivity contribution in [1.82, 2.24) is 0 Å². The van der Waals surface area contributed by atoms with Crippen LogP contribution in [0.4, 0.5) is 22.7 Å². The summed E-state index contributed by atoms with van der Waals surface area (Å²) in [6, 6.07) is 24.6. The fourth-order valence-electron chi connectivity index (χ4n) is 3.73. The normalized spacial score (nSPS) is 10.0. The Labute approximate surface area is 366 Å². The van der Waals surface area contributed by atoms with E-state index in [0.29, 0.717) is 22.1 Å². The monoisotopic (exact) mass is 816 g/mol. The molecule has 2 N–H and O–H groups in total. The number of fused-ring (bicyclic) bond motifs is 2. The van der Waals surface area contributed by atoms with Crippen LogP contribution in [0.1, 0.15) is 5.56 Å². The van der Waals surface area contributed by atoms with Crippen LogP contribution < -0.4 is 88.7 Å². The first kappa shape index (κ1) is 52.5. The van der Waals surface area contributed by atoms with Gasteiger partial charge in [0, 0.05) is 17.5 Å². The fourth-order valence-corrected chi connectivity index (χ4v) is 4.39. The molecule has 0 spiro atoms. The van der Waals surface area contributed by atoms with Crippen LogP contribution in [0.5, 0.6) is 11.5 Å². The van der Waals surface area contributed by atoms with Gasteiger partial charge >= 0.3 is 127 Å². The summed E-state index contributed by atoms with van der Waals surface area (Å²) in [6.45, 7) is 1.92. The van der Waals surface area contributed by atoms with Gasteiger partial charge in [0.25, 0.3) is 0 Å². The number of azo groups is 2. The van der Waals surface area contributed by atoms with Crippen LogP contribution in [0, 0.1) is 26.5 Å². The van der Waals surface area contributed by atoms with Crippen LogP contribution in [0.2, 0.25) is 0 Å². The van der Waals surface area contributed by atoms with E-state index in [4.69, 9.17) is 25.3 Å². The van der Waals surface area contributed by atoms with Gasteiger partial charge in [0.2, 0.25) is 0 Å². The zero-order valence-corrected chi connectivity index (χ0v) is 36.2. The van der Waals surface area contributed by atoms with E-state index in [9.17, 15) is 23.2 Å². The molecule has 0 saturated heterocycles. The molecule has 250 valence electrons. The number of hydrogen-bond acceptors (Lipinski definition) is 15. The Morgan fingerprint density at radius 2 is 1.22 bits per heavy atom. The van der Waals surface area contributed by atoms with Crippen molar-refractivity contribution in [3.63, 3.8) is 0 Å². The van der Waals surface area contributed by atoms with Crippen molar-refractivity contribution >= 4 is 75.6 Å². The fraction of sp³-hybridized carbons (Fsp3) is 0.0357. The Bertz CT molecular complexity index is 2290. The number of nitrogens with zero attached hydrogens (tertiary/aromatic N) is 4. The van der Waals surface area contributed by atoms with E-state index in [1.807, 2.05) is 25.1 Å². The molecule has 0 aliphatic carbocycles.